The lowest BCUT2D eigenvalue weighted by atomic mass is 10.2. The Balaban J connectivity index is 2.96. The van der Waals surface area contributed by atoms with Crippen LogP contribution in [0.5, 0.6) is 0 Å². The molecule has 0 saturated carbocycles. The Bertz CT molecular complexity index is 589. The van der Waals surface area contributed by atoms with E-state index in [0.29, 0.717) is 6.07 Å². The summed E-state index contributed by atoms with van der Waals surface area (Å²) in [4.78, 5) is -0.606. The Morgan fingerprint density at radius 2 is 1.90 bits per heavy atom. The van der Waals surface area contributed by atoms with Gasteiger partial charge in [0.05, 0.1) is 22.9 Å². The van der Waals surface area contributed by atoms with Crippen LogP contribution in [0.15, 0.2) is 17.0 Å². The van der Waals surface area contributed by atoms with Crippen LogP contribution >= 0.6 is 11.6 Å². The standard InChI is InChI=1S/C10H10ClF4NO3S/c11-9-6(5-17)3-7(4-8(9)12)20(18,19)16-2-1-10(13,14)15/h3-4,16-17H,1-2,5H2. The van der Waals surface area contributed by atoms with Crippen molar-refractivity contribution in [2.24, 2.45) is 0 Å². The van der Waals surface area contributed by atoms with Gasteiger partial charge in [-0.25, -0.2) is 17.5 Å². The molecule has 0 aliphatic carbocycles. The van der Waals surface area contributed by atoms with Crippen LogP contribution in [0.4, 0.5) is 17.6 Å². The van der Waals surface area contributed by atoms with Gasteiger partial charge in [0.1, 0.15) is 5.82 Å². The summed E-state index contributed by atoms with van der Waals surface area (Å²) in [6, 6.07) is 1.46. The number of halogens is 5. The molecule has 0 aromatic heterocycles. The van der Waals surface area contributed by atoms with Crippen molar-refractivity contribution >= 4 is 21.6 Å². The summed E-state index contributed by atoms with van der Waals surface area (Å²) >= 11 is 5.48. The van der Waals surface area contributed by atoms with Crippen molar-refractivity contribution in [1.82, 2.24) is 4.72 Å². The maximum absolute atomic E-state index is 13.4. The van der Waals surface area contributed by atoms with E-state index >= 15 is 0 Å². The highest BCUT2D eigenvalue weighted by Gasteiger charge is 2.28. The Hall–Kier alpha value is -0.900. The summed E-state index contributed by atoms with van der Waals surface area (Å²) in [6.07, 6.45) is -5.86. The summed E-state index contributed by atoms with van der Waals surface area (Å²) < 4.78 is 74.2. The molecule has 1 aromatic rings. The number of aliphatic hydroxyl groups excluding tert-OH is 1. The molecule has 20 heavy (non-hydrogen) atoms. The van der Waals surface area contributed by atoms with Gasteiger partial charge in [0.15, 0.2) is 0 Å². The number of hydrogen-bond donors (Lipinski definition) is 2. The summed E-state index contributed by atoms with van der Waals surface area (Å²) in [5, 5.41) is 8.46. The second-order valence-electron chi connectivity index (χ2n) is 3.80. The third-order valence-corrected chi connectivity index (χ3v) is 4.12. The summed E-state index contributed by atoms with van der Waals surface area (Å²) in [5.74, 6) is -1.09. The maximum Gasteiger partial charge on any atom is 0.390 e. The quantitative estimate of drug-likeness (QED) is 0.811. The molecule has 0 radical (unpaired) electrons. The molecule has 114 valence electrons. The van der Waals surface area contributed by atoms with E-state index in [9.17, 15) is 26.0 Å². The van der Waals surface area contributed by atoms with Crippen LogP contribution in [0, 0.1) is 5.82 Å². The number of nitrogens with one attached hydrogen (secondary N) is 1. The average molecular weight is 336 g/mol. The van der Waals surface area contributed by atoms with Crippen molar-refractivity contribution in [3.63, 3.8) is 0 Å². The van der Waals surface area contributed by atoms with Crippen LogP contribution < -0.4 is 4.72 Å². The SMILES string of the molecule is O=S(=O)(NCCC(F)(F)F)c1cc(F)c(Cl)c(CO)c1. The second-order valence-corrected chi connectivity index (χ2v) is 5.94. The van der Waals surface area contributed by atoms with Gasteiger partial charge in [-0.2, -0.15) is 13.2 Å². The average Bonchev–Trinajstić information content (AvgIpc) is 2.30. The lowest BCUT2D eigenvalue weighted by Gasteiger charge is -2.10. The molecule has 0 unspecified atom stereocenters. The van der Waals surface area contributed by atoms with Gasteiger partial charge in [-0.1, -0.05) is 11.6 Å². The van der Waals surface area contributed by atoms with Crippen LogP contribution in [0.2, 0.25) is 5.02 Å². The third kappa shape index (κ3) is 4.58. The molecule has 0 aliphatic heterocycles. The molecule has 0 fully saturated rings. The second kappa shape index (κ2) is 6.25. The number of alkyl halides is 3. The van der Waals surface area contributed by atoms with E-state index in [4.69, 9.17) is 16.7 Å². The molecular formula is C10H10ClF4NO3S. The minimum absolute atomic E-state index is 0.178. The molecular weight excluding hydrogens is 326 g/mol. The zero-order chi connectivity index (χ0) is 15.6. The molecule has 0 aliphatic rings. The van der Waals surface area contributed by atoms with Crippen molar-refractivity contribution in [1.29, 1.82) is 0 Å². The van der Waals surface area contributed by atoms with Crippen molar-refractivity contribution in [2.45, 2.75) is 24.1 Å². The van der Waals surface area contributed by atoms with Crippen LogP contribution in [-0.4, -0.2) is 26.2 Å². The molecule has 2 N–H and O–H groups in total. The van der Waals surface area contributed by atoms with Gasteiger partial charge in [-0.05, 0) is 12.1 Å². The number of sulfonamides is 1. The minimum Gasteiger partial charge on any atom is -0.392 e. The molecule has 0 atom stereocenters. The Morgan fingerprint density at radius 1 is 1.30 bits per heavy atom. The molecule has 0 spiro atoms. The number of benzene rings is 1. The highest BCUT2D eigenvalue weighted by Crippen LogP contribution is 2.25. The number of rotatable bonds is 5. The molecule has 4 nitrogen and oxygen atoms in total. The molecule has 10 heteroatoms. The van der Waals surface area contributed by atoms with E-state index in [1.165, 1.54) is 0 Å². The van der Waals surface area contributed by atoms with E-state index in [0.717, 1.165) is 6.07 Å². The Kier molecular flexibility index (Phi) is 5.36. The van der Waals surface area contributed by atoms with Gasteiger partial charge >= 0.3 is 6.18 Å². The lowest BCUT2D eigenvalue weighted by molar-refractivity contribution is -0.132. The van der Waals surface area contributed by atoms with E-state index in [2.05, 4.69) is 0 Å². The summed E-state index contributed by atoms with van der Waals surface area (Å²) in [7, 11) is -4.31. The van der Waals surface area contributed by atoms with E-state index < -0.39 is 51.5 Å². The molecule has 1 rings (SSSR count). The molecule has 0 heterocycles. The highest BCUT2D eigenvalue weighted by atomic mass is 35.5. The first-order chi connectivity index (χ1) is 9.07. The van der Waals surface area contributed by atoms with Gasteiger partial charge in [-0.15, -0.1) is 0 Å². The fraction of sp³-hybridized carbons (Fsp3) is 0.400. The first-order valence-corrected chi connectivity index (χ1v) is 7.08. The fourth-order valence-corrected chi connectivity index (χ4v) is 2.56. The van der Waals surface area contributed by atoms with Gasteiger partial charge < -0.3 is 5.11 Å². The van der Waals surface area contributed by atoms with E-state index in [1.54, 1.807) is 4.72 Å². The molecule has 0 saturated heterocycles. The lowest BCUT2D eigenvalue weighted by Crippen LogP contribution is -2.28. The maximum atomic E-state index is 13.4. The van der Waals surface area contributed by atoms with Crippen molar-refractivity contribution < 1.29 is 31.1 Å². The topological polar surface area (TPSA) is 66.4 Å². The molecule has 0 amide bonds. The third-order valence-electron chi connectivity index (χ3n) is 2.26. The zero-order valence-corrected chi connectivity index (χ0v) is 11.4. The molecule has 0 bridgehead atoms. The number of aliphatic hydroxyl groups is 1. The van der Waals surface area contributed by atoms with Crippen molar-refractivity contribution in [3.8, 4) is 0 Å². The van der Waals surface area contributed by atoms with Crippen molar-refractivity contribution in [3.05, 3.63) is 28.5 Å². The smallest absolute Gasteiger partial charge is 0.390 e. The summed E-state index contributed by atoms with van der Waals surface area (Å²) in [6.45, 7) is -1.58. The van der Waals surface area contributed by atoms with E-state index in [1.807, 2.05) is 0 Å². The van der Waals surface area contributed by atoms with Crippen LogP contribution in [0.25, 0.3) is 0 Å². The monoisotopic (exact) mass is 335 g/mol. The summed E-state index contributed by atoms with van der Waals surface area (Å²) in [5.41, 5.74) is -0.178. The zero-order valence-electron chi connectivity index (χ0n) is 9.84. The Morgan fingerprint density at radius 3 is 2.40 bits per heavy atom. The fourth-order valence-electron chi connectivity index (χ4n) is 1.30. The molecule has 1 aromatic carbocycles. The highest BCUT2D eigenvalue weighted by molar-refractivity contribution is 7.89. The minimum atomic E-state index is -4.51. The van der Waals surface area contributed by atoms with Gasteiger partial charge in [0.25, 0.3) is 0 Å². The van der Waals surface area contributed by atoms with Crippen LogP contribution in [0.1, 0.15) is 12.0 Å². The normalized spacial score (nSPS) is 12.7. The van der Waals surface area contributed by atoms with Gasteiger partial charge in [0, 0.05) is 12.1 Å². The van der Waals surface area contributed by atoms with Crippen LogP contribution in [0.3, 0.4) is 0 Å². The first-order valence-electron chi connectivity index (χ1n) is 5.22. The van der Waals surface area contributed by atoms with Crippen LogP contribution in [-0.2, 0) is 16.6 Å². The van der Waals surface area contributed by atoms with E-state index in [-0.39, 0.29) is 5.56 Å². The predicted octanol–water partition coefficient (Wildman–Crippen LogP) is 2.20. The van der Waals surface area contributed by atoms with Gasteiger partial charge in [0.2, 0.25) is 10.0 Å². The van der Waals surface area contributed by atoms with Gasteiger partial charge in [-0.3, -0.25) is 0 Å². The van der Waals surface area contributed by atoms with Crippen molar-refractivity contribution in [2.75, 3.05) is 6.54 Å². The predicted molar refractivity (Wildman–Crippen MR) is 63.2 cm³/mol. The first kappa shape index (κ1) is 17.2. The largest absolute Gasteiger partial charge is 0.392 e. The number of hydrogen-bond acceptors (Lipinski definition) is 3. The Labute approximate surface area is 117 Å².